The van der Waals surface area contributed by atoms with Crippen LogP contribution in [0.15, 0.2) is 84.9 Å². The van der Waals surface area contributed by atoms with Gasteiger partial charge in [0.2, 0.25) is 6.29 Å². The molecule has 3 aromatic carbocycles. The summed E-state index contributed by atoms with van der Waals surface area (Å²) in [4.78, 5) is 24.1. The lowest BCUT2D eigenvalue weighted by Gasteiger charge is -2.45. The highest BCUT2D eigenvalue weighted by molar-refractivity contribution is 5.66. The fraction of sp³-hybridized carbons (Fsp3) is 0.355. The van der Waals surface area contributed by atoms with Crippen molar-refractivity contribution < 1.29 is 42.7 Å². The second-order valence-corrected chi connectivity index (χ2v) is 9.24. The summed E-state index contributed by atoms with van der Waals surface area (Å²) in [7, 11) is 1.58. The monoisotopic (exact) mass is 550 g/mol. The van der Waals surface area contributed by atoms with Crippen molar-refractivity contribution in [3.63, 3.8) is 0 Å². The van der Waals surface area contributed by atoms with E-state index in [9.17, 15) is 9.59 Å². The second kappa shape index (κ2) is 14.5. The summed E-state index contributed by atoms with van der Waals surface area (Å²) in [6, 6.07) is 26.1. The average molecular weight is 551 g/mol. The van der Waals surface area contributed by atoms with E-state index in [1.807, 2.05) is 60.7 Å². The van der Waals surface area contributed by atoms with Gasteiger partial charge in [0.1, 0.15) is 30.3 Å². The van der Waals surface area contributed by atoms with Crippen LogP contribution in [-0.4, -0.2) is 56.4 Å². The fourth-order valence-electron chi connectivity index (χ4n) is 4.33. The minimum atomic E-state index is -1.03. The third kappa shape index (κ3) is 8.29. The van der Waals surface area contributed by atoms with Crippen LogP contribution in [-0.2, 0) is 46.5 Å². The molecule has 0 saturated carbocycles. The Morgan fingerprint density at radius 1 is 0.700 bits per heavy atom. The molecule has 0 N–H and O–H groups in total. The third-order valence-corrected chi connectivity index (χ3v) is 6.23. The maximum absolute atomic E-state index is 12.3. The number of ether oxygens (including phenoxy) is 7. The van der Waals surface area contributed by atoms with E-state index in [0.717, 1.165) is 11.1 Å². The first-order valence-electron chi connectivity index (χ1n) is 13.0. The average Bonchev–Trinajstić information content (AvgIpc) is 2.96. The van der Waals surface area contributed by atoms with E-state index in [1.54, 1.807) is 31.4 Å². The van der Waals surface area contributed by atoms with Crippen LogP contribution in [0.25, 0.3) is 0 Å². The van der Waals surface area contributed by atoms with Crippen LogP contribution in [0.3, 0.4) is 0 Å². The number of hydrogen-bond acceptors (Lipinski definition) is 9. The quantitative estimate of drug-likeness (QED) is 0.303. The van der Waals surface area contributed by atoms with Crippen molar-refractivity contribution in [2.24, 2.45) is 0 Å². The molecule has 0 bridgehead atoms. The first-order chi connectivity index (χ1) is 19.4. The molecule has 0 aliphatic carbocycles. The number of benzene rings is 3. The topological polar surface area (TPSA) is 98.8 Å². The first kappa shape index (κ1) is 29.1. The van der Waals surface area contributed by atoms with E-state index in [-0.39, 0.29) is 19.8 Å². The molecule has 0 amide bonds. The van der Waals surface area contributed by atoms with Crippen molar-refractivity contribution in [3.8, 4) is 11.5 Å². The molecule has 0 radical (unpaired) electrons. The van der Waals surface area contributed by atoms with Gasteiger partial charge in [0.15, 0.2) is 12.2 Å². The van der Waals surface area contributed by atoms with Crippen molar-refractivity contribution in [1.82, 2.24) is 0 Å². The summed E-state index contributed by atoms with van der Waals surface area (Å²) in [6.07, 6.45) is -4.52. The van der Waals surface area contributed by atoms with Gasteiger partial charge in [-0.2, -0.15) is 0 Å². The minimum absolute atomic E-state index is 0.138. The Morgan fingerprint density at radius 3 is 1.77 bits per heavy atom. The normalized spacial score (nSPS) is 22.2. The molecule has 1 aliphatic rings. The molecule has 1 fully saturated rings. The number of hydrogen-bond donors (Lipinski definition) is 0. The summed E-state index contributed by atoms with van der Waals surface area (Å²) in [5, 5.41) is 0. The zero-order valence-electron chi connectivity index (χ0n) is 22.8. The summed E-state index contributed by atoms with van der Waals surface area (Å²) >= 11 is 0. The Kier molecular flexibility index (Phi) is 10.5. The van der Waals surface area contributed by atoms with Crippen LogP contribution < -0.4 is 9.47 Å². The van der Waals surface area contributed by atoms with Gasteiger partial charge in [-0.05, 0) is 35.4 Å². The largest absolute Gasteiger partial charge is 0.497 e. The van der Waals surface area contributed by atoms with Gasteiger partial charge in [-0.15, -0.1) is 0 Å². The Balaban J connectivity index is 1.66. The number of methoxy groups -OCH3 is 1. The van der Waals surface area contributed by atoms with Crippen LogP contribution in [0.2, 0.25) is 0 Å². The molecule has 1 heterocycles. The molecular weight excluding hydrogens is 516 g/mol. The number of carbonyl (C=O) groups is 2. The lowest BCUT2D eigenvalue weighted by molar-refractivity contribution is -0.301. The second-order valence-electron chi connectivity index (χ2n) is 9.24. The molecule has 1 saturated heterocycles. The van der Waals surface area contributed by atoms with E-state index < -0.39 is 42.6 Å². The molecule has 4 rings (SSSR count). The molecular formula is C31H34O9. The number of esters is 2. The predicted octanol–water partition coefficient (Wildman–Crippen LogP) is 4.46. The lowest BCUT2D eigenvalue weighted by Crippen LogP contribution is -2.63. The highest BCUT2D eigenvalue weighted by Gasteiger charge is 2.51. The maximum atomic E-state index is 12.3. The molecule has 40 heavy (non-hydrogen) atoms. The fourth-order valence-corrected chi connectivity index (χ4v) is 4.33. The van der Waals surface area contributed by atoms with Gasteiger partial charge in [-0.1, -0.05) is 60.7 Å². The summed E-state index contributed by atoms with van der Waals surface area (Å²) in [5.74, 6) is 0.136. The smallest absolute Gasteiger partial charge is 0.303 e. The van der Waals surface area contributed by atoms with Crippen LogP contribution in [0.1, 0.15) is 25.0 Å². The zero-order chi connectivity index (χ0) is 28.3. The Hall–Kier alpha value is -3.92. The molecule has 9 heteroatoms. The number of rotatable bonds is 12. The van der Waals surface area contributed by atoms with E-state index in [4.69, 9.17) is 33.2 Å². The molecule has 1 aliphatic heterocycles. The predicted molar refractivity (Wildman–Crippen MR) is 145 cm³/mol. The van der Waals surface area contributed by atoms with E-state index >= 15 is 0 Å². The molecule has 0 spiro atoms. The SMILES string of the molecule is COc1ccc(O[C@@H]2O[C@H](COC(C)=O)[C@@H](OCc3ccccc3)[C@H](OC(C)=O)[C@H]2OCc2ccccc2)cc1. The molecule has 0 unspecified atom stereocenters. The van der Waals surface area contributed by atoms with Crippen LogP contribution >= 0.6 is 0 Å². The first-order valence-corrected chi connectivity index (χ1v) is 13.0. The molecule has 9 nitrogen and oxygen atoms in total. The van der Waals surface area contributed by atoms with E-state index in [0.29, 0.717) is 11.5 Å². The summed E-state index contributed by atoms with van der Waals surface area (Å²) in [5.41, 5.74) is 1.82. The standard InChI is InChI=1S/C31H34O9/c1-21(32)35-20-27-28(36-18-23-10-6-4-7-11-23)29(38-22(2)33)30(37-19-24-12-8-5-9-13-24)31(40-27)39-26-16-14-25(34-3)15-17-26/h4-17,27-31H,18-20H2,1-3H3/t27-,28-,29+,30-,31-/m1/s1. The Bertz CT molecular complexity index is 1200. The maximum Gasteiger partial charge on any atom is 0.303 e. The third-order valence-electron chi connectivity index (χ3n) is 6.23. The van der Waals surface area contributed by atoms with Gasteiger partial charge in [0, 0.05) is 13.8 Å². The van der Waals surface area contributed by atoms with E-state index in [2.05, 4.69) is 0 Å². The molecule has 3 aromatic rings. The zero-order valence-corrected chi connectivity index (χ0v) is 22.8. The summed E-state index contributed by atoms with van der Waals surface area (Å²) < 4.78 is 41.6. The van der Waals surface area contributed by atoms with Crippen molar-refractivity contribution in [3.05, 3.63) is 96.1 Å². The van der Waals surface area contributed by atoms with Gasteiger partial charge >= 0.3 is 11.9 Å². The van der Waals surface area contributed by atoms with Crippen LogP contribution in [0.5, 0.6) is 11.5 Å². The van der Waals surface area contributed by atoms with Crippen LogP contribution in [0.4, 0.5) is 0 Å². The highest BCUT2D eigenvalue weighted by Crippen LogP contribution is 2.32. The number of carbonyl (C=O) groups excluding carboxylic acids is 2. The summed E-state index contributed by atoms with van der Waals surface area (Å²) in [6.45, 7) is 2.90. The molecule has 5 atom stereocenters. The molecule has 0 aromatic heterocycles. The van der Waals surface area contributed by atoms with E-state index in [1.165, 1.54) is 13.8 Å². The Labute approximate surface area is 233 Å². The van der Waals surface area contributed by atoms with Crippen molar-refractivity contribution in [1.29, 1.82) is 0 Å². The van der Waals surface area contributed by atoms with Gasteiger partial charge in [0.05, 0.1) is 20.3 Å². The Morgan fingerprint density at radius 2 is 1.25 bits per heavy atom. The van der Waals surface area contributed by atoms with Gasteiger partial charge in [-0.3, -0.25) is 9.59 Å². The van der Waals surface area contributed by atoms with Crippen molar-refractivity contribution in [2.45, 2.75) is 57.8 Å². The molecule has 212 valence electrons. The lowest BCUT2D eigenvalue weighted by atomic mass is 9.98. The van der Waals surface area contributed by atoms with Crippen molar-refractivity contribution >= 4 is 11.9 Å². The van der Waals surface area contributed by atoms with Crippen molar-refractivity contribution in [2.75, 3.05) is 13.7 Å². The van der Waals surface area contributed by atoms with Gasteiger partial charge in [-0.25, -0.2) is 0 Å². The van der Waals surface area contributed by atoms with Gasteiger partial charge in [0.25, 0.3) is 0 Å². The van der Waals surface area contributed by atoms with Gasteiger partial charge < -0.3 is 33.2 Å². The highest BCUT2D eigenvalue weighted by atomic mass is 16.7. The van der Waals surface area contributed by atoms with Crippen LogP contribution in [0, 0.1) is 0 Å². The minimum Gasteiger partial charge on any atom is -0.497 e.